The van der Waals surface area contributed by atoms with E-state index in [1.165, 1.54) is 0 Å². The van der Waals surface area contributed by atoms with Crippen LogP contribution < -0.4 is 20.1 Å². The Morgan fingerprint density at radius 3 is 2.45 bits per heavy atom. The van der Waals surface area contributed by atoms with Gasteiger partial charge in [0.1, 0.15) is 6.04 Å². The monoisotopic (exact) mass is 268 g/mol. The number of nitrogens with one attached hydrogen (secondary N) is 2. The van der Waals surface area contributed by atoms with Crippen molar-refractivity contribution in [3.05, 3.63) is 48.0 Å². The number of hydrogen-bond donors (Lipinski definition) is 2. The third kappa shape index (κ3) is 1.67. The molecule has 4 rings (SSSR count). The number of carbonyl (C=O) groups is 1. The summed E-state index contributed by atoms with van der Waals surface area (Å²) in [6.07, 6.45) is 0. The maximum atomic E-state index is 12.2. The van der Waals surface area contributed by atoms with Gasteiger partial charge < -0.3 is 20.1 Å². The van der Waals surface area contributed by atoms with E-state index in [1.54, 1.807) is 6.07 Å². The standard InChI is InChI=1S/C15H12N2O3/c18-15-14(9-4-2-1-3-5-9)16-10-6-12-13(20-8-19-12)7-11(10)17-15/h1-7,14,16H,8H2,(H,17,18). The number of anilines is 2. The van der Waals surface area contributed by atoms with Crippen molar-refractivity contribution in [2.45, 2.75) is 6.04 Å². The van der Waals surface area contributed by atoms with Gasteiger partial charge in [-0.1, -0.05) is 30.3 Å². The molecule has 2 N–H and O–H groups in total. The van der Waals surface area contributed by atoms with Crippen molar-refractivity contribution in [2.24, 2.45) is 0 Å². The van der Waals surface area contributed by atoms with Crippen LogP contribution in [0.5, 0.6) is 11.5 Å². The molecule has 1 amide bonds. The van der Waals surface area contributed by atoms with Crippen LogP contribution in [0.3, 0.4) is 0 Å². The van der Waals surface area contributed by atoms with E-state index in [4.69, 9.17) is 9.47 Å². The Morgan fingerprint density at radius 1 is 1.00 bits per heavy atom. The summed E-state index contributed by atoms with van der Waals surface area (Å²) in [4.78, 5) is 12.2. The third-order valence-electron chi connectivity index (χ3n) is 3.47. The summed E-state index contributed by atoms with van der Waals surface area (Å²) in [5.74, 6) is 1.27. The van der Waals surface area contributed by atoms with Gasteiger partial charge in [-0.3, -0.25) is 4.79 Å². The van der Waals surface area contributed by atoms with Gasteiger partial charge in [-0.05, 0) is 5.56 Å². The zero-order valence-electron chi connectivity index (χ0n) is 10.6. The molecule has 0 aliphatic carbocycles. The Kier molecular flexibility index (Phi) is 2.32. The number of fused-ring (bicyclic) bond motifs is 2. The Bertz CT molecular complexity index is 685. The Morgan fingerprint density at radius 2 is 1.70 bits per heavy atom. The van der Waals surface area contributed by atoms with E-state index in [0.717, 1.165) is 11.3 Å². The molecule has 2 aliphatic heterocycles. The van der Waals surface area contributed by atoms with E-state index >= 15 is 0 Å². The minimum Gasteiger partial charge on any atom is -0.454 e. The molecule has 100 valence electrons. The molecule has 1 unspecified atom stereocenters. The van der Waals surface area contributed by atoms with Gasteiger partial charge in [0.25, 0.3) is 5.91 Å². The van der Waals surface area contributed by atoms with Gasteiger partial charge >= 0.3 is 0 Å². The van der Waals surface area contributed by atoms with Crippen LogP contribution in [0.1, 0.15) is 11.6 Å². The minimum absolute atomic E-state index is 0.0810. The van der Waals surface area contributed by atoms with E-state index < -0.39 is 6.04 Å². The predicted octanol–water partition coefficient (Wildman–Crippen LogP) is 2.52. The first-order valence-corrected chi connectivity index (χ1v) is 6.37. The van der Waals surface area contributed by atoms with Gasteiger partial charge in [-0.2, -0.15) is 0 Å². The number of rotatable bonds is 1. The summed E-state index contributed by atoms with van der Waals surface area (Å²) in [5.41, 5.74) is 2.47. The van der Waals surface area contributed by atoms with Gasteiger partial charge in [0.15, 0.2) is 11.5 Å². The van der Waals surface area contributed by atoms with Crippen LogP contribution in [0.2, 0.25) is 0 Å². The predicted molar refractivity (Wildman–Crippen MR) is 74.0 cm³/mol. The van der Waals surface area contributed by atoms with E-state index in [0.29, 0.717) is 17.2 Å². The van der Waals surface area contributed by atoms with Crippen LogP contribution in [0.15, 0.2) is 42.5 Å². The lowest BCUT2D eigenvalue weighted by molar-refractivity contribution is -0.117. The molecule has 0 aromatic heterocycles. The molecule has 5 nitrogen and oxygen atoms in total. The normalized spacial score (nSPS) is 19.0. The topological polar surface area (TPSA) is 59.6 Å². The third-order valence-corrected chi connectivity index (χ3v) is 3.47. The lowest BCUT2D eigenvalue weighted by Gasteiger charge is -2.27. The van der Waals surface area contributed by atoms with Crippen LogP contribution >= 0.6 is 0 Å². The largest absolute Gasteiger partial charge is 0.454 e. The molecule has 5 heteroatoms. The molecule has 2 aromatic rings. The molecule has 0 fully saturated rings. The maximum absolute atomic E-state index is 12.2. The summed E-state index contributed by atoms with van der Waals surface area (Å²) in [6, 6.07) is 12.8. The lowest BCUT2D eigenvalue weighted by Crippen LogP contribution is -2.31. The van der Waals surface area contributed by atoms with E-state index in [2.05, 4.69) is 10.6 Å². The molecule has 0 radical (unpaired) electrons. The Hall–Kier alpha value is -2.69. The van der Waals surface area contributed by atoms with Gasteiger partial charge in [-0.25, -0.2) is 0 Å². The average molecular weight is 268 g/mol. The molecule has 2 heterocycles. The summed E-state index contributed by atoms with van der Waals surface area (Å²) < 4.78 is 10.7. The molecule has 0 spiro atoms. The van der Waals surface area contributed by atoms with Gasteiger partial charge in [0, 0.05) is 12.1 Å². The van der Waals surface area contributed by atoms with Crippen LogP contribution in [-0.2, 0) is 4.79 Å². The lowest BCUT2D eigenvalue weighted by atomic mass is 10.0. The number of ether oxygens (including phenoxy) is 2. The summed E-state index contributed by atoms with van der Waals surface area (Å²) in [6.45, 7) is 0.217. The Balaban J connectivity index is 1.73. The van der Waals surface area contributed by atoms with Crippen molar-refractivity contribution in [1.29, 1.82) is 0 Å². The first kappa shape index (κ1) is 11.2. The Labute approximate surface area is 115 Å². The molecule has 2 aliphatic rings. The molecule has 0 bridgehead atoms. The first-order chi connectivity index (χ1) is 9.81. The van der Waals surface area contributed by atoms with Crippen LogP contribution in [0, 0.1) is 0 Å². The molecular weight excluding hydrogens is 256 g/mol. The van der Waals surface area contributed by atoms with Crippen molar-refractivity contribution in [2.75, 3.05) is 17.4 Å². The highest BCUT2D eigenvalue weighted by Crippen LogP contribution is 2.42. The zero-order valence-corrected chi connectivity index (χ0v) is 10.6. The molecular formula is C15H12N2O3. The number of hydrogen-bond acceptors (Lipinski definition) is 4. The number of benzene rings is 2. The van der Waals surface area contributed by atoms with E-state index in [-0.39, 0.29) is 12.7 Å². The van der Waals surface area contributed by atoms with Gasteiger partial charge in [0.05, 0.1) is 11.4 Å². The molecule has 1 atom stereocenters. The summed E-state index contributed by atoms with van der Waals surface area (Å²) in [7, 11) is 0. The van der Waals surface area contributed by atoms with E-state index in [1.807, 2.05) is 36.4 Å². The highest BCUT2D eigenvalue weighted by Gasteiger charge is 2.29. The second-order valence-corrected chi connectivity index (χ2v) is 4.73. The fourth-order valence-electron chi connectivity index (χ4n) is 2.47. The first-order valence-electron chi connectivity index (χ1n) is 6.37. The highest BCUT2D eigenvalue weighted by atomic mass is 16.7. The number of amides is 1. The smallest absolute Gasteiger partial charge is 0.251 e. The second kappa shape index (κ2) is 4.16. The number of carbonyl (C=O) groups excluding carboxylic acids is 1. The average Bonchev–Trinajstić information content (AvgIpc) is 2.92. The van der Waals surface area contributed by atoms with Crippen molar-refractivity contribution >= 4 is 17.3 Å². The van der Waals surface area contributed by atoms with Crippen molar-refractivity contribution < 1.29 is 14.3 Å². The summed E-state index contributed by atoms with van der Waals surface area (Å²) >= 11 is 0. The van der Waals surface area contributed by atoms with Crippen LogP contribution in [-0.4, -0.2) is 12.7 Å². The fraction of sp³-hybridized carbons (Fsp3) is 0.133. The van der Waals surface area contributed by atoms with Gasteiger partial charge in [-0.15, -0.1) is 0 Å². The SMILES string of the molecule is O=C1Nc2cc3c(cc2NC1c1ccccc1)OCO3. The van der Waals surface area contributed by atoms with Crippen molar-refractivity contribution in [1.82, 2.24) is 0 Å². The molecule has 0 saturated carbocycles. The zero-order chi connectivity index (χ0) is 13.5. The van der Waals surface area contributed by atoms with Crippen LogP contribution in [0.4, 0.5) is 11.4 Å². The highest BCUT2D eigenvalue weighted by molar-refractivity contribution is 6.04. The fourth-order valence-corrected chi connectivity index (χ4v) is 2.47. The van der Waals surface area contributed by atoms with Crippen LogP contribution in [0.25, 0.3) is 0 Å². The van der Waals surface area contributed by atoms with Crippen molar-refractivity contribution in [3.63, 3.8) is 0 Å². The molecule has 0 saturated heterocycles. The molecule has 20 heavy (non-hydrogen) atoms. The summed E-state index contributed by atoms with van der Waals surface area (Å²) in [5, 5.41) is 6.15. The van der Waals surface area contributed by atoms with E-state index in [9.17, 15) is 4.79 Å². The maximum Gasteiger partial charge on any atom is 0.251 e. The second-order valence-electron chi connectivity index (χ2n) is 4.73. The molecule has 2 aromatic carbocycles. The minimum atomic E-state index is -0.399. The van der Waals surface area contributed by atoms with Gasteiger partial charge in [0.2, 0.25) is 6.79 Å². The van der Waals surface area contributed by atoms with Crippen molar-refractivity contribution in [3.8, 4) is 11.5 Å². The quantitative estimate of drug-likeness (QED) is 0.834.